The zero-order chi connectivity index (χ0) is 23.3. The van der Waals surface area contributed by atoms with Gasteiger partial charge in [-0.1, -0.05) is 6.92 Å². The third kappa shape index (κ3) is 5.53. The standard InChI is InChI=1S/C24H35N5O2S/c1-7-18(19(8-2)31-13-9-12-28(3)4)27-22-21-17-11-10-16(24(30)29(5)6)14-20(17)32-23(21)26-15-25-22/h8,15-16H,7,9-14H2,1-6H3/b19-8+,27-18?. The lowest BCUT2D eigenvalue weighted by atomic mass is 9.87. The number of hydrogen-bond acceptors (Lipinski definition) is 7. The van der Waals surface area contributed by atoms with Crippen LogP contribution in [0, 0.1) is 5.92 Å². The molecule has 0 bridgehead atoms. The van der Waals surface area contributed by atoms with E-state index in [1.807, 2.05) is 27.1 Å². The first kappa shape index (κ1) is 24.3. The maximum Gasteiger partial charge on any atom is 0.225 e. The predicted molar refractivity (Wildman–Crippen MR) is 132 cm³/mol. The normalized spacial score (nSPS) is 17.0. The Kier molecular flexibility index (Phi) is 8.37. The number of ether oxygens (including phenoxy) is 1. The van der Waals surface area contributed by atoms with Gasteiger partial charge in [-0.05, 0) is 64.8 Å². The van der Waals surface area contributed by atoms with Gasteiger partial charge in [-0.2, -0.15) is 0 Å². The van der Waals surface area contributed by atoms with Gasteiger partial charge >= 0.3 is 0 Å². The van der Waals surface area contributed by atoms with Crippen molar-refractivity contribution in [2.75, 3.05) is 41.3 Å². The average Bonchev–Trinajstić information content (AvgIpc) is 3.15. The van der Waals surface area contributed by atoms with E-state index in [9.17, 15) is 4.79 Å². The molecule has 174 valence electrons. The summed E-state index contributed by atoms with van der Waals surface area (Å²) >= 11 is 1.67. The van der Waals surface area contributed by atoms with E-state index in [1.54, 1.807) is 22.6 Å². The molecule has 32 heavy (non-hydrogen) atoms. The summed E-state index contributed by atoms with van der Waals surface area (Å²) in [6.07, 6.45) is 7.77. The number of amides is 1. The molecule has 2 heterocycles. The van der Waals surface area contributed by atoms with E-state index in [0.717, 1.165) is 60.3 Å². The quantitative estimate of drug-likeness (QED) is 0.320. The minimum Gasteiger partial charge on any atom is -0.492 e. The van der Waals surface area contributed by atoms with Crippen molar-refractivity contribution in [3.63, 3.8) is 0 Å². The van der Waals surface area contributed by atoms with E-state index in [-0.39, 0.29) is 11.8 Å². The van der Waals surface area contributed by atoms with Crippen molar-refractivity contribution in [3.8, 4) is 0 Å². The van der Waals surface area contributed by atoms with E-state index in [4.69, 9.17) is 9.73 Å². The first-order valence-electron chi connectivity index (χ1n) is 11.3. The van der Waals surface area contributed by atoms with Crippen LogP contribution in [-0.2, 0) is 22.4 Å². The van der Waals surface area contributed by atoms with E-state index >= 15 is 0 Å². The van der Waals surface area contributed by atoms with Crippen LogP contribution >= 0.6 is 11.3 Å². The van der Waals surface area contributed by atoms with Crippen molar-refractivity contribution >= 4 is 39.0 Å². The van der Waals surface area contributed by atoms with Gasteiger partial charge in [-0.3, -0.25) is 4.79 Å². The van der Waals surface area contributed by atoms with Crippen molar-refractivity contribution < 1.29 is 9.53 Å². The molecule has 1 amide bonds. The third-order valence-corrected chi connectivity index (χ3v) is 6.91. The summed E-state index contributed by atoms with van der Waals surface area (Å²) in [6, 6.07) is 0. The molecule has 1 unspecified atom stereocenters. The smallest absolute Gasteiger partial charge is 0.225 e. The molecular weight excluding hydrogens is 422 g/mol. The Balaban J connectivity index is 1.88. The van der Waals surface area contributed by atoms with Crippen LogP contribution in [-0.4, -0.2) is 72.7 Å². The van der Waals surface area contributed by atoms with Gasteiger partial charge in [0.15, 0.2) is 5.82 Å². The number of aryl methyl sites for hydroxylation is 1. The molecule has 0 aromatic carbocycles. The third-order valence-electron chi connectivity index (χ3n) is 5.74. The second-order valence-electron chi connectivity index (χ2n) is 8.62. The molecule has 7 nitrogen and oxygen atoms in total. The molecular formula is C24H35N5O2S. The fourth-order valence-corrected chi connectivity index (χ4v) is 5.35. The van der Waals surface area contributed by atoms with Gasteiger partial charge in [0.05, 0.1) is 17.7 Å². The number of aliphatic imine (C=N–C) groups is 1. The highest BCUT2D eigenvalue weighted by atomic mass is 32.1. The number of carbonyl (C=O) groups is 1. The molecule has 0 fully saturated rings. The Hall–Kier alpha value is -2.32. The highest BCUT2D eigenvalue weighted by Gasteiger charge is 2.29. The molecule has 0 spiro atoms. The summed E-state index contributed by atoms with van der Waals surface area (Å²) in [5.74, 6) is 1.77. The molecule has 0 N–H and O–H groups in total. The number of nitrogens with zero attached hydrogens (tertiary/aromatic N) is 5. The summed E-state index contributed by atoms with van der Waals surface area (Å²) in [4.78, 5) is 32.5. The van der Waals surface area contributed by atoms with Crippen LogP contribution in [0.15, 0.2) is 23.2 Å². The SMILES string of the molecule is C/C=C(/OCCCN(C)C)C(CC)=Nc1ncnc2sc3c(c12)CCC(C(=O)N(C)C)C3. The number of thiophene rings is 1. The van der Waals surface area contributed by atoms with Crippen molar-refractivity contribution in [3.05, 3.63) is 28.6 Å². The van der Waals surface area contributed by atoms with Gasteiger partial charge in [0, 0.05) is 31.4 Å². The molecule has 0 aliphatic heterocycles. The fraction of sp³-hybridized carbons (Fsp3) is 0.583. The molecule has 8 heteroatoms. The summed E-state index contributed by atoms with van der Waals surface area (Å²) in [5.41, 5.74) is 2.16. The topological polar surface area (TPSA) is 70.9 Å². The lowest BCUT2D eigenvalue weighted by molar-refractivity contribution is -0.133. The first-order chi connectivity index (χ1) is 15.3. The summed E-state index contributed by atoms with van der Waals surface area (Å²) < 4.78 is 6.06. The Bertz CT molecular complexity index is 1010. The van der Waals surface area contributed by atoms with Crippen LogP contribution in [0.1, 0.15) is 43.6 Å². The zero-order valence-electron chi connectivity index (χ0n) is 20.1. The Morgan fingerprint density at radius 2 is 2.09 bits per heavy atom. The van der Waals surface area contributed by atoms with Crippen LogP contribution in [0.4, 0.5) is 5.82 Å². The van der Waals surface area contributed by atoms with E-state index < -0.39 is 0 Å². The Morgan fingerprint density at radius 1 is 1.31 bits per heavy atom. The van der Waals surface area contributed by atoms with Crippen LogP contribution in [0.5, 0.6) is 0 Å². The lowest BCUT2D eigenvalue weighted by Crippen LogP contribution is -2.32. The monoisotopic (exact) mass is 457 g/mol. The highest BCUT2D eigenvalue weighted by molar-refractivity contribution is 7.19. The molecule has 0 saturated carbocycles. The summed E-state index contributed by atoms with van der Waals surface area (Å²) in [5, 5.41) is 1.04. The molecule has 3 rings (SSSR count). The zero-order valence-corrected chi connectivity index (χ0v) is 21.0. The minimum atomic E-state index is 0.0434. The molecule has 1 aliphatic carbocycles. The molecule has 1 atom stereocenters. The maximum atomic E-state index is 12.5. The van der Waals surface area contributed by atoms with E-state index in [0.29, 0.717) is 12.4 Å². The van der Waals surface area contributed by atoms with Crippen LogP contribution in [0.25, 0.3) is 10.2 Å². The van der Waals surface area contributed by atoms with Crippen LogP contribution in [0.3, 0.4) is 0 Å². The summed E-state index contributed by atoms with van der Waals surface area (Å²) in [7, 11) is 7.79. The van der Waals surface area contributed by atoms with Gasteiger partial charge in [0.2, 0.25) is 5.91 Å². The number of rotatable bonds is 9. The van der Waals surface area contributed by atoms with Crippen LogP contribution < -0.4 is 0 Å². The van der Waals surface area contributed by atoms with Crippen molar-refractivity contribution in [2.24, 2.45) is 10.9 Å². The average molecular weight is 458 g/mol. The fourth-order valence-electron chi connectivity index (χ4n) is 4.09. The Labute approximate surface area is 195 Å². The van der Waals surface area contributed by atoms with Gasteiger partial charge in [0.25, 0.3) is 0 Å². The van der Waals surface area contributed by atoms with Crippen molar-refractivity contribution in [1.82, 2.24) is 19.8 Å². The van der Waals surface area contributed by atoms with Gasteiger partial charge in [-0.25, -0.2) is 15.0 Å². The minimum absolute atomic E-state index is 0.0434. The molecule has 2 aromatic rings. The number of fused-ring (bicyclic) bond motifs is 3. The van der Waals surface area contributed by atoms with Gasteiger partial charge in [-0.15, -0.1) is 11.3 Å². The van der Waals surface area contributed by atoms with Crippen LogP contribution in [0.2, 0.25) is 0 Å². The predicted octanol–water partition coefficient (Wildman–Crippen LogP) is 4.24. The van der Waals surface area contributed by atoms with E-state index in [1.165, 1.54) is 10.4 Å². The van der Waals surface area contributed by atoms with Crippen molar-refractivity contribution in [1.29, 1.82) is 0 Å². The molecule has 2 aromatic heterocycles. The van der Waals surface area contributed by atoms with Crippen molar-refractivity contribution in [2.45, 2.75) is 46.0 Å². The maximum absolute atomic E-state index is 12.5. The molecule has 1 aliphatic rings. The largest absolute Gasteiger partial charge is 0.492 e. The number of carbonyl (C=O) groups excluding carboxylic acids is 1. The number of hydrogen-bond donors (Lipinski definition) is 0. The highest BCUT2D eigenvalue weighted by Crippen LogP contribution is 2.41. The second-order valence-corrected chi connectivity index (χ2v) is 9.71. The molecule has 0 radical (unpaired) electrons. The van der Waals surface area contributed by atoms with Gasteiger partial charge in [0.1, 0.15) is 16.9 Å². The first-order valence-corrected chi connectivity index (χ1v) is 12.2. The van der Waals surface area contributed by atoms with Gasteiger partial charge < -0.3 is 14.5 Å². The summed E-state index contributed by atoms with van der Waals surface area (Å²) in [6.45, 7) is 5.71. The Morgan fingerprint density at radius 3 is 2.75 bits per heavy atom. The number of allylic oxidation sites excluding steroid dienone is 2. The van der Waals surface area contributed by atoms with E-state index in [2.05, 4.69) is 35.9 Å². The lowest BCUT2D eigenvalue weighted by Gasteiger charge is -2.24. The molecule has 0 saturated heterocycles. The number of aromatic nitrogens is 2. The second kappa shape index (κ2) is 11.0.